The van der Waals surface area contributed by atoms with E-state index in [1.165, 1.54) is 12.3 Å². The molecule has 1 aromatic heterocycles. The number of aromatic nitrogens is 1. The highest BCUT2D eigenvalue weighted by Gasteiger charge is 2.24. The normalized spacial score (nSPS) is 17.2. The molecule has 0 saturated carbocycles. The molecule has 1 fully saturated rings. The molecular formula is C18H18FN3O2. The van der Waals surface area contributed by atoms with Crippen molar-refractivity contribution >= 4 is 11.8 Å². The Morgan fingerprint density at radius 3 is 2.83 bits per heavy atom. The molecule has 1 aliphatic heterocycles. The van der Waals surface area contributed by atoms with Crippen molar-refractivity contribution in [3.63, 3.8) is 0 Å². The predicted octanol–water partition coefficient (Wildman–Crippen LogP) is 1.82. The first kappa shape index (κ1) is 16.1. The van der Waals surface area contributed by atoms with Crippen LogP contribution in [-0.4, -0.2) is 29.4 Å². The molecule has 0 unspecified atom stereocenters. The molecule has 0 aliphatic carbocycles. The predicted molar refractivity (Wildman–Crippen MR) is 86.9 cm³/mol. The molecule has 3 rings (SSSR count). The van der Waals surface area contributed by atoms with Crippen LogP contribution in [0.4, 0.5) is 4.39 Å². The molecule has 2 aromatic rings. The van der Waals surface area contributed by atoms with Gasteiger partial charge in [-0.05, 0) is 36.6 Å². The van der Waals surface area contributed by atoms with Gasteiger partial charge in [0.15, 0.2) is 0 Å². The maximum absolute atomic E-state index is 13.7. The summed E-state index contributed by atoms with van der Waals surface area (Å²) in [6, 6.07) is 9.37. The van der Waals surface area contributed by atoms with Crippen LogP contribution in [-0.2, 0) is 11.2 Å². The van der Waals surface area contributed by atoms with E-state index in [4.69, 9.17) is 0 Å². The third-order valence-corrected chi connectivity index (χ3v) is 4.01. The van der Waals surface area contributed by atoms with E-state index >= 15 is 0 Å². The van der Waals surface area contributed by atoms with Gasteiger partial charge in [-0.3, -0.25) is 14.6 Å². The molecular weight excluding hydrogens is 309 g/mol. The van der Waals surface area contributed by atoms with E-state index in [-0.39, 0.29) is 17.6 Å². The van der Waals surface area contributed by atoms with Gasteiger partial charge in [-0.1, -0.05) is 18.2 Å². The fourth-order valence-corrected chi connectivity index (χ4v) is 2.65. The van der Waals surface area contributed by atoms with Gasteiger partial charge in [0, 0.05) is 24.9 Å². The summed E-state index contributed by atoms with van der Waals surface area (Å²) in [5, 5.41) is 5.44. The van der Waals surface area contributed by atoms with Crippen LogP contribution in [0, 0.1) is 5.82 Å². The van der Waals surface area contributed by atoms with Gasteiger partial charge in [0.25, 0.3) is 5.91 Å². The zero-order valence-electron chi connectivity index (χ0n) is 13.1. The minimum Gasteiger partial charge on any atom is -0.354 e. The lowest BCUT2D eigenvalue weighted by atomic mass is 10.1. The highest BCUT2D eigenvalue weighted by atomic mass is 19.1. The number of nitrogens with one attached hydrogen (secondary N) is 2. The summed E-state index contributed by atoms with van der Waals surface area (Å²) in [5.74, 6) is -0.759. The van der Waals surface area contributed by atoms with Gasteiger partial charge in [-0.15, -0.1) is 0 Å². The van der Waals surface area contributed by atoms with Crippen LogP contribution in [0.2, 0.25) is 0 Å². The highest BCUT2D eigenvalue weighted by Crippen LogP contribution is 2.12. The number of piperidine rings is 1. The van der Waals surface area contributed by atoms with Crippen LogP contribution in [0.3, 0.4) is 0 Å². The summed E-state index contributed by atoms with van der Waals surface area (Å²) in [7, 11) is 0. The maximum atomic E-state index is 13.7. The van der Waals surface area contributed by atoms with Gasteiger partial charge >= 0.3 is 0 Å². The van der Waals surface area contributed by atoms with Crippen molar-refractivity contribution in [3.8, 4) is 0 Å². The fourth-order valence-electron chi connectivity index (χ4n) is 2.65. The molecule has 1 aromatic carbocycles. The van der Waals surface area contributed by atoms with Crippen molar-refractivity contribution in [2.75, 3.05) is 6.54 Å². The summed E-state index contributed by atoms with van der Waals surface area (Å²) in [6.07, 6.45) is 3.29. The zero-order valence-corrected chi connectivity index (χ0v) is 13.1. The average Bonchev–Trinajstić information content (AvgIpc) is 2.59. The van der Waals surface area contributed by atoms with Crippen LogP contribution in [0.15, 0.2) is 42.6 Å². The van der Waals surface area contributed by atoms with E-state index in [1.807, 2.05) is 0 Å². The van der Waals surface area contributed by atoms with Crippen molar-refractivity contribution in [1.29, 1.82) is 0 Å². The molecule has 0 spiro atoms. The number of hydrogen-bond donors (Lipinski definition) is 2. The average molecular weight is 327 g/mol. The van der Waals surface area contributed by atoms with Crippen LogP contribution in [0.25, 0.3) is 0 Å². The molecule has 2 amide bonds. The lowest BCUT2D eigenvalue weighted by molar-refractivity contribution is -0.124. The summed E-state index contributed by atoms with van der Waals surface area (Å²) >= 11 is 0. The molecule has 2 heterocycles. The molecule has 6 heteroatoms. The number of amides is 2. The SMILES string of the molecule is O=C(N[C@@H]1CCCNC1=O)c1ccc(Cc2ccccc2F)nc1. The summed E-state index contributed by atoms with van der Waals surface area (Å²) in [6.45, 7) is 0.650. The molecule has 1 atom stereocenters. The van der Waals surface area contributed by atoms with Gasteiger partial charge in [0.1, 0.15) is 11.9 Å². The Morgan fingerprint density at radius 1 is 1.29 bits per heavy atom. The topological polar surface area (TPSA) is 71.1 Å². The number of nitrogens with zero attached hydrogens (tertiary/aromatic N) is 1. The molecule has 0 bridgehead atoms. The first-order chi connectivity index (χ1) is 11.6. The number of rotatable bonds is 4. The second-order valence-electron chi connectivity index (χ2n) is 5.77. The smallest absolute Gasteiger partial charge is 0.253 e. The van der Waals surface area contributed by atoms with E-state index in [1.54, 1.807) is 30.3 Å². The number of pyridine rings is 1. The van der Waals surface area contributed by atoms with Gasteiger partial charge in [0.2, 0.25) is 5.91 Å². The third-order valence-electron chi connectivity index (χ3n) is 4.01. The van der Waals surface area contributed by atoms with Crippen molar-refractivity contribution < 1.29 is 14.0 Å². The minimum absolute atomic E-state index is 0.154. The van der Waals surface area contributed by atoms with Crippen LogP contribution in [0.5, 0.6) is 0 Å². The molecule has 1 saturated heterocycles. The highest BCUT2D eigenvalue weighted by molar-refractivity contribution is 5.97. The second kappa shape index (κ2) is 7.21. The molecule has 124 valence electrons. The Bertz CT molecular complexity index is 746. The zero-order chi connectivity index (χ0) is 16.9. The van der Waals surface area contributed by atoms with E-state index in [0.717, 1.165) is 6.42 Å². The quantitative estimate of drug-likeness (QED) is 0.900. The molecule has 1 aliphatic rings. The van der Waals surface area contributed by atoms with Crippen molar-refractivity contribution in [2.45, 2.75) is 25.3 Å². The third kappa shape index (κ3) is 3.76. The molecule has 5 nitrogen and oxygen atoms in total. The van der Waals surface area contributed by atoms with Crippen LogP contribution in [0.1, 0.15) is 34.5 Å². The number of benzene rings is 1. The first-order valence-electron chi connectivity index (χ1n) is 7.90. The number of carbonyl (C=O) groups excluding carboxylic acids is 2. The monoisotopic (exact) mass is 327 g/mol. The van der Waals surface area contributed by atoms with Gasteiger partial charge < -0.3 is 10.6 Å². The molecule has 2 N–H and O–H groups in total. The van der Waals surface area contributed by atoms with Gasteiger partial charge in [0.05, 0.1) is 5.56 Å². The summed E-state index contributed by atoms with van der Waals surface area (Å²) < 4.78 is 13.7. The van der Waals surface area contributed by atoms with Crippen molar-refractivity contribution in [3.05, 3.63) is 65.2 Å². The van der Waals surface area contributed by atoms with Crippen LogP contribution < -0.4 is 10.6 Å². The Hall–Kier alpha value is -2.76. The number of hydrogen-bond acceptors (Lipinski definition) is 3. The van der Waals surface area contributed by atoms with Crippen molar-refractivity contribution in [1.82, 2.24) is 15.6 Å². The number of carbonyl (C=O) groups is 2. The van der Waals surface area contributed by atoms with E-state index in [2.05, 4.69) is 15.6 Å². The van der Waals surface area contributed by atoms with Crippen molar-refractivity contribution in [2.24, 2.45) is 0 Å². The second-order valence-corrected chi connectivity index (χ2v) is 5.77. The van der Waals surface area contributed by atoms with Crippen LogP contribution >= 0.6 is 0 Å². The van der Waals surface area contributed by atoms with E-state index in [0.29, 0.717) is 36.2 Å². The standard InChI is InChI=1S/C18H18FN3O2/c19-15-5-2-1-4-12(15)10-14-8-7-13(11-21-14)17(23)22-16-6-3-9-20-18(16)24/h1-2,4-5,7-8,11,16H,3,6,9-10H2,(H,20,24)(H,22,23)/t16-/m1/s1. The lowest BCUT2D eigenvalue weighted by Crippen LogP contribution is -2.50. The van der Waals surface area contributed by atoms with Gasteiger partial charge in [-0.25, -0.2) is 4.39 Å². The largest absolute Gasteiger partial charge is 0.354 e. The van der Waals surface area contributed by atoms with E-state index in [9.17, 15) is 14.0 Å². The Balaban J connectivity index is 1.64. The lowest BCUT2D eigenvalue weighted by Gasteiger charge is -2.22. The Labute approximate surface area is 139 Å². The maximum Gasteiger partial charge on any atom is 0.253 e. The van der Waals surface area contributed by atoms with E-state index < -0.39 is 6.04 Å². The minimum atomic E-state index is -0.496. The molecule has 24 heavy (non-hydrogen) atoms. The number of halogens is 1. The summed E-state index contributed by atoms with van der Waals surface area (Å²) in [4.78, 5) is 28.1. The first-order valence-corrected chi connectivity index (χ1v) is 7.90. The fraction of sp³-hybridized carbons (Fsp3) is 0.278. The van der Waals surface area contributed by atoms with Gasteiger partial charge in [-0.2, -0.15) is 0 Å². The molecule has 0 radical (unpaired) electrons. The Morgan fingerprint density at radius 2 is 2.12 bits per heavy atom. The Kier molecular flexibility index (Phi) is 4.84. The summed E-state index contributed by atoms with van der Waals surface area (Å²) in [5.41, 5.74) is 1.61.